The summed E-state index contributed by atoms with van der Waals surface area (Å²) in [7, 11) is 0. The highest BCUT2D eigenvalue weighted by Gasteiger charge is 2.35. The lowest BCUT2D eigenvalue weighted by molar-refractivity contribution is -0.120. The predicted molar refractivity (Wildman–Crippen MR) is 274 cm³/mol. The first-order valence-corrected chi connectivity index (χ1v) is 26.4. The van der Waals surface area contributed by atoms with E-state index >= 15 is 8.78 Å². The fourth-order valence-corrected chi connectivity index (χ4v) is 10.7. The number of benzene rings is 4. The highest BCUT2D eigenvalue weighted by Crippen LogP contribution is 2.35. The number of nitrogens with one attached hydrogen (secondary N) is 2. The largest absolute Gasteiger partial charge is 0.442 e. The number of carbonyl (C=O) groups is 4. The molecule has 4 aliphatic rings. The zero-order valence-corrected chi connectivity index (χ0v) is 42.5. The zero-order chi connectivity index (χ0) is 51.6. The van der Waals surface area contributed by atoms with Crippen LogP contribution in [0.4, 0.5) is 41.1 Å². The molecule has 2 N–H and O–H groups in total. The first kappa shape index (κ1) is 51.6. The summed E-state index contributed by atoms with van der Waals surface area (Å²) < 4.78 is 42.7. The van der Waals surface area contributed by atoms with E-state index in [-0.39, 0.29) is 50.1 Å². The van der Waals surface area contributed by atoms with Gasteiger partial charge in [0.05, 0.1) is 61.0 Å². The van der Waals surface area contributed by atoms with Crippen molar-refractivity contribution >= 4 is 70.3 Å². The third-order valence-corrected chi connectivity index (χ3v) is 14.9. The number of halogens is 2. The molecular weight excluding hydrogens is 995 g/mol. The number of ether oxygens (including phenoxy) is 2. The van der Waals surface area contributed by atoms with Gasteiger partial charge in [0.25, 0.3) is 0 Å². The summed E-state index contributed by atoms with van der Waals surface area (Å²) >= 11 is 3.16. The van der Waals surface area contributed by atoms with Crippen LogP contribution in [0.15, 0.2) is 107 Å². The van der Waals surface area contributed by atoms with E-state index in [2.05, 4.69) is 65.8 Å². The minimum atomic E-state index is -0.551. The van der Waals surface area contributed by atoms with Gasteiger partial charge in [-0.25, -0.2) is 23.1 Å². The number of thioether (sulfide) groups is 2. The van der Waals surface area contributed by atoms with Crippen molar-refractivity contribution < 1.29 is 37.4 Å². The van der Waals surface area contributed by atoms with Crippen LogP contribution >= 0.6 is 23.5 Å². The second kappa shape index (κ2) is 24.1. The number of cyclic esters (lactones) is 2. The van der Waals surface area contributed by atoms with E-state index in [9.17, 15) is 19.2 Å². The molecule has 4 aliphatic heterocycles. The number of aromatic nitrogens is 8. The SMILES string of the molecule is CC(=O)NC[C@H]1CN(c2ccc(N3CCC(n4nnc(SCc5ccccc5)n4)CC3)c(F)c2)C(=O)O1.CC(=O)NC[C@H]1CN(c2ccc(N3CCC(n4nnnc4SCc4ccccc4)CC3)c(F)c2)C(=O)O1. The van der Waals surface area contributed by atoms with E-state index in [1.807, 2.05) is 50.9 Å². The van der Waals surface area contributed by atoms with Crippen LogP contribution in [0.25, 0.3) is 0 Å². The van der Waals surface area contributed by atoms with Crippen LogP contribution < -0.4 is 30.2 Å². The Kier molecular flexibility index (Phi) is 16.8. The molecule has 0 spiro atoms. The highest BCUT2D eigenvalue weighted by molar-refractivity contribution is 7.98. The molecule has 10 rings (SSSR count). The van der Waals surface area contributed by atoms with Gasteiger partial charge in [-0.3, -0.25) is 19.4 Å². The second-order valence-corrected chi connectivity index (χ2v) is 20.0. The quantitative estimate of drug-likeness (QED) is 0.0953. The fraction of sp³-hybridized carbons (Fsp3) is 0.400. The maximum Gasteiger partial charge on any atom is 0.414 e. The molecule has 0 bridgehead atoms. The molecule has 388 valence electrons. The minimum absolute atomic E-state index is 0.108. The van der Waals surface area contributed by atoms with Gasteiger partial charge in [0.15, 0.2) is 0 Å². The molecule has 0 saturated carbocycles. The van der Waals surface area contributed by atoms with Crippen LogP contribution in [-0.4, -0.2) is 129 Å². The second-order valence-electron chi connectivity index (χ2n) is 18.2. The van der Waals surface area contributed by atoms with Gasteiger partial charge in [-0.1, -0.05) is 84.2 Å². The first-order chi connectivity index (χ1) is 35.9. The molecule has 74 heavy (non-hydrogen) atoms. The van der Waals surface area contributed by atoms with Crippen molar-refractivity contribution in [1.82, 2.24) is 51.0 Å². The van der Waals surface area contributed by atoms with Gasteiger partial charge < -0.3 is 29.9 Å². The smallest absolute Gasteiger partial charge is 0.414 e. The Morgan fingerprint density at radius 3 is 1.61 bits per heavy atom. The Hall–Kier alpha value is -7.34. The number of anilines is 4. The van der Waals surface area contributed by atoms with Crippen molar-refractivity contribution in [3.63, 3.8) is 0 Å². The number of tetrazole rings is 2. The Bertz CT molecular complexity index is 2890. The normalized spacial score (nSPS) is 18.2. The maximum absolute atomic E-state index is 15.1. The molecule has 4 saturated heterocycles. The monoisotopic (exact) mass is 1050 g/mol. The number of hydrogen-bond donors (Lipinski definition) is 2. The van der Waals surface area contributed by atoms with Gasteiger partial charge in [-0.15, -0.1) is 15.3 Å². The minimum Gasteiger partial charge on any atom is -0.442 e. The van der Waals surface area contributed by atoms with E-state index < -0.39 is 36.0 Å². The summed E-state index contributed by atoms with van der Waals surface area (Å²) in [6.07, 6.45) is 1.06. The molecule has 24 heteroatoms. The maximum atomic E-state index is 15.1. The van der Waals surface area contributed by atoms with Crippen molar-refractivity contribution in [3.8, 4) is 0 Å². The molecule has 4 fully saturated rings. The Labute approximate surface area is 434 Å². The van der Waals surface area contributed by atoms with Gasteiger partial charge in [0, 0.05) is 51.5 Å². The molecule has 2 atom stereocenters. The van der Waals surface area contributed by atoms with Gasteiger partial charge in [-0.05, 0) is 88.8 Å². The van der Waals surface area contributed by atoms with E-state index in [4.69, 9.17) is 9.47 Å². The lowest BCUT2D eigenvalue weighted by Gasteiger charge is -2.34. The highest BCUT2D eigenvalue weighted by atomic mass is 32.2. The summed E-state index contributed by atoms with van der Waals surface area (Å²) in [4.78, 5) is 55.2. The van der Waals surface area contributed by atoms with Gasteiger partial charge in [0.2, 0.25) is 22.1 Å². The summed E-state index contributed by atoms with van der Waals surface area (Å²) in [6, 6.07) is 30.2. The van der Waals surface area contributed by atoms with E-state index in [1.165, 1.54) is 46.9 Å². The van der Waals surface area contributed by atoms with Crippen molar-refractivity contribution in [2.24, 2.45) is 0 Å². The van der Waals surface area contributed by atoms with Gasteiger partial charge in [-0.2, -0.15) is 4.80 Å². The number of amides is 4. The molecule has 0 aliphatic carbocycles. The fourth-order valence-electron chi connectivity index (χ4n) is 9.10. The van der Waals surface area contributed by atoms with Gasteiger partial charge in [0.1, 0.15) is 23.8 Å². The van der Waals surface area contributed by atoms with Crippen molar-refractivity contribution in [3.05, 3.63) is 120 Å². The average Bonchev–Trinajstić information content (AvgIpc) is 4.25. The summed E-state index contributed by atoms with van der Waals surface area (Å²) in [5, 5.41) is 32.0. The number of carbonyl (C=O) groups excluding carboxylic acids is 4. The third-order valence-electron chi connectivity index (χ3n) is 13.0. The number of hydrogen-bond acceptors (Lipinski definition) is 16. The lowest BCUT2D eigenvalue weighted by atomic mass is 10.0. The topological polar surface area (TPSA) is 211 Å². The molecule has 4 aromatic carbocycles. The summed E-state index contributed by atoms with van der Waals surface area (Å²) in [5.41, 5.74) is 4.27. The standard InChI is InChI=1S/2C25H28FN7O3S/c1-17(34)27-14-21-15-32(25(35)36-21)20-7-8-23(22(26)13-20)31-11-9-19(10-12-31)33-24(28-29-30-33)37-16-18-5-3-2-4-6-18;1-17(34)27-14-21-15-32(25(35)36-21)20-7-8-23(22(26)13-20)31-11-9-19(10-12-31)33-29-24(28-30-33)37-16-18-5-3-2-4-6-18/h2*2-8,13,19,21H,9-12,14-16H2,1H3,(H,27,34)/t2*21-/m00/s1. The van der Waals surface area contributed by atoms with E-state index in [0.717, 1.165) is 42.3 Å². The van der Waals surface area contributed by atoms with Crippen molar-refractivity contribution in [2.45, 2.75) is 85.6 Å². The average molecular weight is 1050 g/mol. The van der Waals surface area contributed by atoms with Crippen molar-refractivity contribution in [1.29, 1.82) is 0 Å². The van der Waals surface area contributed by atoms with Gasteiger partial charge >= 0.3 is 12.2 Å². The van der Waals surface area contributed by atoms with Crippen LogP contribution in [0.2, 0.25) is 0 Å². The molecular formula is C50H56F2N14O6S2. The lowest BCUT2D eigenvalue weighted by Crippen LogP contribution is -2.36. The number of nitrogens with zero attached hydrogens (tertiary/aromatic N) is 12. The molecule has 6 aromatic rings. The Morgan fingerprint density at radius 2 is 1.12 bits per heavy atom. The Morgan fingerprint density at radius 1 is 0.635 bits per heavy atom. The van der Waals surface area contributed by atoms with E-state index in [1.54, 1.807) is 52.6 Å². The van der Waals surface area contributed by atoms with E-state index in [0.29, 0.717) is 54.1 Å². The molecule has 0 unspecified atom stereocenters. The molecule has 20 nitrogen and oxygen atoms in total. The predicted octanol–water partition coefficient (Wildman–Crippen LogP) is 6.81. The van der Waals surface area contributed by atoms with Crippen LogP contribution in [-0.2, 0) is 30.6 Å². The molecule has 0 radical (unpaired) electrons. The van der Waals surface area contributed by atoms with Crippen LogP contribution in [0.1, 0.15) is 62.7 Å². The number of piperidine rings is 2. The Balaban J connectivity index is 0.000000182. The van der Waals surface area contributed by atoms with Crippen molar-refractivity contribution in [2.75, 3.05) is 72.0 Å². The zero-order valence-electron chi connectivity index (χ0n) is 40.8. The number of rotatable bonds is 16. The molecule has 2 aromatic heterocycles. The molecule has 4 amide bonds. The molecule has 6 heterocycles. The summed E-state index contributed by atoms with van der Waals surface area (Å²) in [5.74, 6) is 0.385. The van der Waals surface area contributed by atoms with Crippen LogP contribution in [0.5, 0.6) is 0 Å². The summed E-state index contributed by atoms with van der Waals surface area (Å²) in [6.45, 7) is 6.37. The van der Waals surface area contributed by atoms with Crippen LogP contribution in [0, 0.1) is 11.6 Å². The third kappa shape index (κ3) is 13.1. The van der Waals surface area contributed by atoms with Crippen LogP contribution in [0.3, 0.4) is 0 Å². The first-order valence-electron chi connectivity index (χ1n) is 24.4.